The number of fused-ring (bicyclic) bond motifs is 5. The Kier molecular flexibility index (Phi) is 7.34. The number of ether oxygens (including phenoxy) is 1. The number of hydrogen-bond acceptors (Lipinski definition) is 9. The van der Waals surface area contributed by atoms with Crippen LogP contribution in [-0.4, -0.2) is 44.1 Å². The Morgan fingerprint density at radius 2 is 1.84 bits per heavy atom. The third-order valence-corrected chi connectivity index (χ3v) is 10.9. The van der Waals surface area contributed by atoms with Crippen LogP contribution in [0.4, 0.5) is 19.0 Å². The van der Waals surface area contributed by atoms with Gasteiger partial charge in [-0.2, -0.15) is 0 Å². The SMILES string of the molecule is Cc1nnc(-c2c(CCc3ccc(F)cc3)nc3c(c2-c2cc4ccnc(N[C@@H]5CCOc6c(F)cc(F)cc65)c4s2)C(=O)N2CCC[C@H]32)o1. The summed E-state index contributed by atoms with van der Waals surface area (Å²) in [6.07, 6.45) is 4.94. The normalized spacial score (nSPS) is 17.9. The van der Waals surface area contributed by atoms with E-state index in [0.29, 0.717) is 65.5 Å². The molecule has 0 unspecified atom stereocenters. The van der Waals surface area contributed by atoms with Gasteiger partial charge in [0.2, 0.25) is 11.8 Å². The lowest BCUT2D eigenvalue weighted by molar-refractivity contribution is 0.0776. The number of pyridine rings is 2. The summed E-state index contributed by atoms with van der Waals surface area (Å²) < 4.78 is 55.1. The number of thiophene rings is 1. The van der Waals surface area contributed by atoms with E-state index >= 15 is 0 Å². The van der Waals surface area contributed by atoms with Crippen molar-refractivity contribution in [2.75, 3.05) is 18.5 Å². The molecule has 0 radical (unpaired) electrons. The van der Waals surface area contributed by atoms with Gasteiger partial charge in [0, 0.05) is 48.2 Å². The first kappa shape index (κ1) is 30.7. The molecule has 9 nitrogen and oxygen atoms in total. The van der Waals surface area contributed by atoms with Gasteiger partial charge in [-0.1, -0.05) is 12.1 Å². The summed E-state index contributed by atoms with van der Waals surface area (Å²) in [5.74, 6) is -0.589. The van der Waals surface area contributed by atoms with E-state index in [1.54, 1.807) is 25.3 Å². The Morgan fingerprint density at radius 1 is 0.980 bits per heavy atom. The molecule has 252 valence electrons. The highest BCUT2D eigenvalue weighted by Gasteiger charge is 2.45. The number of carbonyl (C=O) groups is 1. The Hall–Kier alpha value is -5.30. The van der Waals surface area contributed by atoms with E-state index in [-0.39, 0.29) is 36.0 Å². The predicted molar refractivity (Wildman–Crippen MR) is 181 cm³/mol. The maximum atomic E-state index is 14.6. The Labute approximate surface area is 288 Å². The summed E-state index contributed by atoms with van der Waals surface area (Å²) in [4.78, 5) is 26.7. The van der Waals surface area contributed by atoms with E-state index in [9.17, 15) is 18.0 Å². The number of rotatable bonds is 7. The topological polar surface area (TPSA) is 106 Å². The number of benzene rings is 2. The lowest BCUT2D eigenvalue weighted by Crippen LogP contribution is -2.22. The second-order valence-corrected chi connectivity index (χ2v) is 13.9. The largest absolute Gasteiger partial charge is 0.490 e. The number of anilines is 1. The third-order valence-electron chi connectivity index (χ3n) is 9.70. The zero-order valence-electron chi connectivity index (χ0n) is 26.8. The first-order valence-electron chi connectivity index (χ1n) is 16.5. The third kappa shape index (κ3) is 5.10. The minimum absolute atomic E-state index is 0.0354. The van der Waals surface area contributed by atoms with Crippen molar-refractivity contribution >= 4 is 33.1 Å². The molecule has 13 heteroatoms. The van der Waals surface area contributed by atoms with E-state index in [0.717, 1.165) is 45.1 Å². The highest BCUT2D eigenvalue weighted by Crippen LogP contribution is 2.50. The van der Waals surface area contributed by atoms with Gasteiger partial charge in [-0.05, 0) is 67.0 Å². The molecular weight excluding hydrogens is 666 g/mol. The van der Waals surface area contributed by atoms with Crippen LogP contribution in [0, 0.1) is 24.4 Å². The van der Waals surface area contributed by atoms with Crippen molar-refractivity contribution < 1.29 is 27.1 Å². The fourth-order valence-corrected chi connectivity index (χ4v) is 8.62. The highest BCUT2D eigenvalue weighted by molar-refractivity contribution is 7.23. The summed E-state index contributed by atoms with van der Waals surface area (Å²) in [6.45, 7) is 2.62. The second-order valence-electron chi connectivity index (χ2n) is 12.8. The quantitative estimate of drug-likeness (QED) is 0.179. The Balaban J connectivity index is 1.21. The lowest BCUT2D eigenvalue weighted by atomic mass is 9.93. The van der Waals surface area contributed by atoms with Crippen molar-refractivity contribution in [3.05, 3.63) is 106 Å². The van der Waals surface area contributed by atoms with E-state index in [2.05, 4.69) is 20.5 Å². The molecule has 2 aromatic carbocycles. The minimum atomic E-state index is -0.744. The number of amides is 1. The van der Waals surface area contributed by atoms with Crippen LogP contribution in [0.1, 0.15) is 70.1 Å². The van der Waals surface area contributed by atoms with Crippen molar-refractivity contribution in [3.8, 4) is 27.6 Å². The number of hydrogen-bond donors (Lipinski definition) is 1. The number of nitrogens with one attached hydrogen (secondary N) is 1. The first-order chi connectivity index (χ1) is 24.3. The zero-order valence-corrected chi connectivity index (χ0v) is 27.6. The monoisotopic (exact) mass is 694 g/mol. The summed E-state index contributed by atoms with van der Waals surface area (Å²) in [5.41, 5.74) is 4.60. The molecule has 0 saturated carbocycles. The molecular formula is C37H29F3N6O3S. The molecule has 7 heterocycles. The molecule has 6 aromatic rings. The second kappa shape index (κ2) is 11.9. The molecule has 1 amide bonds. The summed E-state index contributed by atoms with van der Waals surface area (Å²) in [6, 6.07) is 11.9. The van der Waals surface area contributed by atoms with Crippen LogP contribution >= 0.6 is 11.3 Å². The predicted octanol–water partition coefficient (Wildman–Crippen LogP) is 8.15. The lowest BCUT2D eigenvalue weighted by Gasteiger charge is -2.27. The van der Waals surface area contributed by atoms with Crippen molar-refractivity contribution in [1.82, 2.24) is 25.1 Å². The van der Waals surface area contributed by atoms with Crippen LogP contribution in [0.3, 0.4) is 0 Å². The molecule has 2 atom stereocenters. The van der Waals surface area contributed by atoms with Crippen molar-refractivity contribution in [1.29, 1.82) is 0 Å². The van der Waals surface area contributed by atoms with E-state index in [4.69, 9.17) is 14.1 Å². The molecule has 0 bridgehead atoms. The fourth-order valence-electron chi connectivity index (χ4n) is 7.45. The maximum Gasteiger partial charge on any atom is 0.257 e. The van der Waals surface area contributed by atoms with E-state index in [1.807, 2.05) is 17.0 Å². The standard InChI is InChI=1S/C37H29F3N6O3S/c1-18-44-45-36(49-18)29-26(9-6-19-4-7-21(38)8-5-19)42-32-27-3-2-13-46(27)37(47)31(32)30(29)28-15-20-10-12-41-35(34(20)50-28)43-25-11-14-48-33-23(25)16-22(39)17-24(33)40/h4-5,7-8,10,12,15-17,25,27H,2-3,6,9,11,13-14H2,1H3,(H,41,43)/t25-,27-/m1/s1. The van der Waals surface area contributed by atoms with Gasteiger partial charge in [-0.25, -0.2) is 18.2 Å². The number of halogens is 3. The van der Waals surface area contributed by atoms with Gasteiger partial charge < -0.3 is 19.4 Å². The van der Waals surface area contributed by atoms with Crippen molar-refractivity contribution in [2.24, 2.45) is 0 Å². The first-order valence-corrected chi connectivity index (χ1v) is 17.3. The fraction of sp³-hybridized carbons (Fsp3) is 0.270. The molecule has 1 saturated heterocycles. The number of aromatic nitrogens is 4. The summed E-state index contributed by atoms with van der Waals surface area (Å²) in [5, 5.41) is 12.8. The van der Waals surface area contributed by atoms with E-state index in [1.165, 1.54) is 29.5 Å². The molecule has 9 rings (SSSR count). The van der Waals surface area contributed by atoms with Crippen LogP contribution in [0.5, 0.6) is 5.75 Å². The van der Waals surface area contributed by atoms with Crippen molar-refractivity contribution in [2.45, 2.75) is 51.1 Å². The van der Waals surface area contributed by atoms with Gasteiger partial charge in [0.25, 0.3) is 5.91 Å². The van der Waals surface area contributed by atoms with E-state index < -0.39 is 17.7 Å². The summed E-state index contributed by atoms with van der Waals surface area (Å²) in [7, 11) is 0. The van der Waals surface area contributed by atoms with Crippen LogP contribution < -0.4 is 10.1 Å². The zero-order chi connectivity index (χ0) is 34.1. The smallest absolute Gasteiger partial charge is 0.257 e. The number of carbonyl (C=O) groups excluding carboxylic acids is 1. The molecule has 1 N–H and O–H groups in total. The summed E-state index contributed by atoms with van der Waals surface area (Å²) >= 11 is 1.46. The van der Waals surface area contributed by atoms with Gasteiger partial charge in [0.15, 0.2) is 11.6 Å². The Bertz CT molecular complexity index is 2320. The highest BCUT2D eigenvalue weighted by atomic mass is 32.1. The molecule has 3 aliphatic rings. The number of nitrogens with zero attached hydrogens (tertiary/aromatic N) is 5. The average Bonchev–Trinajstić information content (AvgIpc) is 3.91. The van der Waals surface area contributed by atoms with Crippen LogP contribution in [0.15, 0.2) is 59.1 Å². The van der Waals surface area contributed by atoms with Gasteiger partial charge in [0.05, 0.1) is 45.9 Å². The molecule has 50 heavy (non-hydrogen) atoms. The van der Waals surface area contributed by atoms with Crippen LogP contribution in [0.25, 0.3) is 32.0 Å². The van der Waals surface area contributed by atoms with Gasteiger partial charge in [-0.15, -0.1) is 21.5 Å². The molecule has 1 fully saturated rings. The van der Waals surface area contributed by atoms with Gasteiger partial charge >= 0.3 is 0 Å². The molecule has 0 spiro atoms. The van der Waals surface area contributed by atoms with Crippen LogP contribution in [-0.2, 0) is 12.8 Å². The maximum absolute atomic E-state index is 14.6. The molecule has 4 aromatic heterocycles. The average molecular weight is 695 g/mol. The van der Waals surface area contributed by atoms with Crippen LogP contribution in [0.2, 0.25) is 0 Å². The van der Waals surface area contributed by atoms with Crippen molar-refractivity contribution in [3.63, 3.8) is 0 Å². The molecule has 0 aliphatic carbocycles. The molecule has 3 aliphatic heterocycles. The number of aryl methyl sites for hydroxylation is 3. The Morgan fingerprint density at radius 3 is 2.66 bits per heavy atom. The van der Waals surface area contributed by atoms with Gasteiger partial charge in [-0.3, -0.25) is 9.78 Å². The van der Waals surface area contributed by atoms with Gasteiger partial charge in [0.1, 0.15) is 17.5 Å². The minimum Gasteiger partial charge on any atom is -0.490 e.